The average molecular weight is 820 g/mol. The van der Waals surface area contributed by atoms with Crippen molar-refractivity contribution in [2.24, 2.45) is 28.8 Å². The molecular formula is C49H61N3O8. The van der Waals surface area contributed by atoms with Crippen molar-refractivity contribution < 1.29 is 38.9 Å². The van der Waals surface area contributed by atoms with Crippen LogP contribution in [-0.2, 0) is 27.5 Å². The van der Waals surface area contributed by atoms with Gasteiger partial charge >= 0.3 is 6.09 Å². The Kier molecular flexibility index (Phi) is 14.8. The number of nitrogens with one attached hydrogen (secondary N) is 1. The van der Waals surface area contributed by atoms with Gasteiger partial charge in [0.1, 0.15) is 24.1 Å². The lowest BCUT2D eigenvalue weighted by Crippen LogP contribution is -2.70. The molecule has 2 saturated carbocycles. The SMILES string of the molecule is C=CCOC12Oc3ccc(OC(=O)NCc4ccccc4)cc3C3C(CCCCO)C(CCCCO)C=C(C(=NOCc4ccccc4)CC1N(CCC)C(=O)C1CC1)C32. The van der Waals surface area contributed by atoms with Gasteiger partial charge in [0.15, 0.2) is 0 Å². The summed E-state index contributed by atoms with van der Waals surface area (Å²) in [7, 11) is 0. The molecular weight excluding hydrogens is 759 g/mol. The molecule has 0 spiro atoms. The molecule has 6 unspecified atom stereocenters. The number of carbonyl (C=O) groups excluding carboxylic acids is 2. The second kappa shape index (κ2) is 20.5. The highest BCUT2D eigenvalue weighted by molar-refractivity contribution is 6.03. The van der Waals surface area contributed by atoms with Crippen molar-refractivity contribution in [3.63, 3.8) is 0 Å². The van der Waals surface area contributed by atoms with E-state index in [0.717, 1.165) is 72.9 Å². The number of benzene rings is 3. The molecule has 320 valence electrons. The molecule has 0 bridgehead atoms. The number of amides is 2. The fraction of sp³-hybridized carbons (Fsp3) is 0.490. The van der Waals surface area contributed by atoms with Gasteiger partial charge in [-0.1, -0.05) is 97.7 Å². The molecule has 60 heavy (non-hydrogen) atoms. The van der Waals surface area contributed by atoms with Gasteiger partial charge in [-0.3, -0.25) is 4.79 Å². The zero-order chi connectivity index (χ0) is 41.9. The molecule has 3 aromatic carbocycles. The summed E-state index contributed by atoms with van der Waals surface area (Å²) in [6.07, 6.45) is 10.9. The number of aliphatic hydroxyl groups is 2. The Morgan fingerprint density at radius 3 is 2.37 bits per heavy atom. The van der Waals surface area contributed by atoms with E-state index in [1.807, 2.05) is 77.7 Å². The summed E-state index contributed by atoms with van der Waals surface area (Å²) in [6.45, 7) is 7.64. The predicted molar refractivity (Wildman–Crippen MR) is 230 cm³/mol. The van der Waals surface area contributed by atoms with Crippen LogP contribution in [0, 0.1) is 23.7 Å². The number of rotatable bonds is 21. The van der Waals surface area contributed by atoms with E-state index in [4.69, 9.17) is 24.2 Å². The molecule has 0 radical (unpaired) electrons. The molecule has 1 aliphatic heterocycles. The number of aliphatic hydroxyl groups excluding tert-OH is 2. The van der Waals surface area contributed by atoms with E-state index < -0.39 is 23.8 Å². The third-order valence-electron chi connectivity index (χ3n) is 12.4. The average Bonchev–Trinajstić information content (AvgIpc) is 4.12. The Morgan fingerprint density at radius 1 is 0.967 bits per heavy atom. The van der Waals surface area contributed by atoms with Crippen LogP contribution < -0.4 is 14.8 Å². The van der Waals surface area contributed by atoms with Crippen LogP contribution in [0.2, 0.25) is 0 Å². The summed E-state index contributed by atoms with van der Waals surface area (Å²) >= 11 is 0. The number of hydrogen-bond acceptors (Lipinski definition) is 9. The van der Waals surface area contributed by atoms with Crippen LogP contribution in [0.25, 0.3) is 0 Å². The summed E-state index contributed by atoms with van der Waals surface area (Å²) in [6, 6.07) is 24.6. The Bertz CT molecular complexity index is 1970. The smallest absolute Gasteiger partial charge is 0.412 e. The summed E-state index contributed by atoms with van der Waals surface area (Å²) in [5, 5.41) is 27.6. The van der Waals surface area contributed by atoms with E-state index in [-0.39, 0.29) is 56.0 Å². The Morgan fingerprint density at radius 2 is 1.68 bits per heavy atom. The Balaban J connectivity index is 1.37. The number of nitrogens with zero attached hydrogens (tertiary/aromatic N) is 2. The standard InChI is InChI=1S/C49H61N3O8/c1-3-25-52(47(55)36-21-22-36)44-31-42(51-58-33-35-17-9-6-10-18-35)40-29-37(19-11-13-26-53)39(20-12-14-27-54)45-41-30-38(59-48(56)50-32-34-15-7-5-8-16-34)23-24-43(41)60-49(44,46(40)45)57-28-4-2/h4-10,15-18,23-24,29-30,36-37,39,44-46,53-54H,2-3,11-14,19-22,25-28,31-33H2,1H3,(H,50,56). The van der Waals surface area contributed by atoms with Gasteiger partial charge in [-0.15, -0.1) is 6.58 Å². The maximum absolute atomic E-state index is 14.4. The van der Waals surface area contributed by atoms with Crippen LogP contribution in [0.15, 0.2) is 108 Å². The van der Waals surface area contributed by atoms with E-state index in [0.29, 0.717) is 43.9 Å². The van der Waals surface area contributed by atoms with Gasteiger partial charge in [-0.05, 0) is 91.7 Å². The minimum atomic E-state index is -1.32. The lowest BCUT2D eigenvalue weighted by Gasteiger charge is -2.60. The molecule has 2 fully saturated rings. The maximum atomic E-state index is 14.4. The molecule has 3 aliphatic carbocycles. The number of oxime groups is 1. The van der Waals surface area contributed by atoms with Gasteiger partial charge in [-0.25, -0.2) is 4.79 Å². The lowest BCUT2D eigenvalue weighted by molar-refractivity contribution is -0.257. The topological polar surface area (TPSA) is 139 Å². The normalized spacial score (nSPS) is 24.6. The number of allylic oxidation sites excluding steroid dienone is 1. The first-order valence-corrected chi connectivity index (χ1v) is 21.9. The summed E-state index contributed by atoms with van der Waals surface area (Å²) < 4.78 is 20.3. The molecule has 3 N–H and O–H groups in total. The van der Waals surface area contributed by atoms with Crippen LogP contribution in [0.1, 0.15) is 93.7 Å². The van der Waals surface area contributed by atoms with Crippen LogP contribution in [0.4, 0.5) is 4.79 Å². The first-order valence-electron chi connectivity index (χ1n) is 21.9. The summed E-state index contributed by atoms with van der Waals surface area (Å²) in [5.74, 6) is -0.806. The van der Waals surface area contributed by atoms with Gasteiger partial charge in [0.2, 0.25) is 11.7 Å². The van der Waals surface area contributed by atoms with E-state index in [2.05, 4.69) is 24.9 Å². The molecule has 2 amide bonds. The third-order valence-corrected chi connectivity index (χ3v) is 12.4. The zero-order valence-electron chi connectivity index (χ0n) is 34.9. The zero-order valence-corrected chi connectivity index (χ0v) is 34.9. The molecule has 0 aromatic heterocycles. The largest absolute Gasteiger partial charge is 0.459 e. The first-order chi connectivity index (χ1) is 29.4. The highest BCUT2D eigenvalue weighted by atomic mass is 16.7. The minimum absolute atomic E-state index is 0.0347. The quantitative estimate of drug-likeness (QED) is 0.0553. The van der Waals surface area contributed by atoms with Crippen LogP contribution in [0.5, 0.6) is 11.5 Å². The van der Waals surface area contributed by atoms with Crippen LogP contribution in [0.3, 0.4) is 0 Å². The van der Waals surface area contributed by atoms with Gasteiger partial charge < -0.3 is 39.5 Å². The van der Waals surface area contributed by atoms with E-state index in [1.54, 1.807) is 12.1 Å². The van der Waals surface area contributed by atoms with Crippen molar-refractivity contribution in [3.05, 3.63) is 120 Å². The first kappa shape index (κ1) is 43.1. The van der Waals surface area contributed by atoms with Crippen LogP contribution in [-0.4, -0.2) is 71.0 Å². The monoisotopic (exact) mass is 819 g/mol. The highest BCUT2D eigenvalue weighted by Crippen LogP contribution is 2.62. The van der Waals surface area contributed by atoms with Crippen LogP contribution >= 0.6 is 0 Å². The molecule has 0 saturated heterocycles. The second-order valence-electron chi connectivity index (χ2n) is 16.6. The maximum Gasteiger partial charge on any atom is 0.412 e. The van der Waals surface area contributed by atoms with E-state index >= 15 is 0 Å². The van der Waals surface area contributed by atoms with Crippen molar-refractivity contribution in [1.29, 1.82) is 0 Å². The minimum Gasteiger partial charge on any atom is -0.459 e. The van der Waals surface area contributed by atoms with Gasteiger partial charge in [0.25, 0.3) is 0 Å². The molecule has 11 heteroatoms. The van der Waals surface area contributed by atoms with E-state index in [9.17, 15) is 19.8 Å². The molecule has 6 atom stereocenters. The summed E-state index contributed by atoms with van der Waals surface area (Å²) in [5.41, 5.74) is 4.56. The molecule has 3 aromatic rings. The second-order valence-corrected chi connectivity index (χ2v) is 16.6. The number of carbonyl (C=O) groups is 2. The third kappa shape index (κ3) is 9.80. The van der Waals surface area contributed by atoms with Crippen molar-refractivity contribution in [3.8, 4) is 11.5 Å². The predicted octanol–water partition coefficient (Wildman–Crippen LogP) is 8.46. The fourth-order valence-corrected chi connectivity index (χ4v) is 9.61. The molecule has 1 heterocycles. The highest BCUT2D eigenvalue weighted by Gasteiger charge is 2.65. The number of hydrogen-bond donors (Lipinski definition) is 3. The van der Waals surface area contributed by atoms with Crippen molar-refractivity contribution in [2.45, 2.75) is 102 Å². The van der Waals surface area contributed by atoms with E-state index in [1.165, 1.54) is 0 Å². The Labute approximate surface area is 354 Å². The van der Waals surface area contributed by atoms with Crippen molar-refractivity contribution in [2.75, 3.05) is 26.4 Å². The van der Waals surface area contributed by atoms with Crippen molar-refractivity contribution in [1.82, 2.24) is 10.2 Å². The molecule has 11 nitrogen and oxygen atoms in total. The van der Waals surface area contributed by atoms with Gasteiger partial charge in [0.05, 0.1) is 18.2 Å². The van der Waals surface area contributed by atoms with Crippen molar-refractivity contribution >= 4 is 17.7 Å². The summed E-state index contributed by atoms with van der Waals surface area (Å²) in [4.78, 5) is 35.9. The number of fused-ring (bicyclic) bond motifs is 2. The number of unbranched alkanes of at least 4 members (excludes halogenated alkanes) is 2. The fourth-order valence-electron chi connectivity index (χ4n) is 9.61. The Hall–Kier alpha value is -4.97. The lowest BCUT2D eigenvalue weighted by atomic mass is 9.55. The van der Waals surface area contributed by atoms with Gasteiger partial charge in [-0.2, -0.15) is 0 Å². The van der Waals surface area contributed by atoms with Gasteiger partial charge in [0, 0.05) is 50.1 Å². The molecule has 7 rings (SSSR count). The number of ether oxygens (including phenoxy) is 3. The molecule has 4 aliphatic rings.